The summed E-state index contributed by atoms with van der Waals surface area (Å²) in [6.07, 6.45) is 1.41. The highest BCUT2D eigenvalue weighted by Gasteiger charge is 2.43. The number of Topliss-reactive ketones (excluding diaryl/α,β-unsaturated/α-hetero) is 1. The molecule has 1 unspecified atom stereocenters. The maximum absolute atomic E-state index is 11.3. The minimum Gasteiger partial charge on any atom is -0.350 e. The molecule has 3 heteroatoms. The predicted octanol–water partition coefficient (Wildman–Crippen LogP) is 1.12. The Kier molecular flexibility index (Phi) is 1.73. The first-order valence-corrected chi connectivity index (χ1v) is 4.43. The molecule has 0 N–H and O–H groups in total. The fourth-order valence-electron chi connectivity index (χ4n) is 1.86. The first-order valence-electron chi connectivity index (χ1n) is 4.43. The lowest BCUT2D eigenvalue weighted by Crippen LogP contribution is -2.45. The summed E-state index contributed by atoms with van der Waals surface area (Å²) in [6, 6.07) is 0. The molecule has 0 aromatic heterocycles. The van der Waals surface area contributed by atoms with Gasteiger partial charge in [0.1, 0.15) is 6.10 Å². The quantitative estimate of drug-likeness (QED) is 0.546. The maximum Gasteiger partial charge on any atom is 0.163 e. The largest absolute Gasteiger partial charge is 0.350 e. The van der Waals surface area contributed by atoms with Gasteiger partial charge in [-0.2, -0.15) is 0 Å². The zero-order chi connectivity index (χ0) is 8.77. The monoisotopic (exact) mass is 170 g/mol. The third-order valence-corrected chi connectivity index (χ3v) is 2.56. The van der Waals surface area contributed by atoms with Crippen LogP contribution in [0.5, 0.6) is 0 Å². The zero-order valence-corrected chi connectivity index (χ0v) is 7.50. The molecule has 0 bridgehead atoms. The Morgan fingerprint density at radius 3 is 3.00 bits per heavy atom. The topological polar surface area (TPSA) is 35.5 Å². The van der Waals surface area contributed by atoms with E-state index in [1.54, 1.807) is 0 Å². The van der Waals surface area contributed by atoms with Crippen molar-refractivity contribution in [1.82, 2.24) is 0 Å². The standard InChI is InChI=1S/C9H14O3/c1-9(2)11-5-6-3-4-7(10)8(6)12-9/h6,8H,3-5H2,1-2H3/t6?,8-/m1/s1. The number of carbonyl (C=O) groups is 1. The van der Waals surface area contributed by atoms with Crippen LogP contribution in [0, 0.1) is 5.92 Å². The Balaban J connectivity index is 2.11. The summed E-state index contributed by atoms with van der Waals surface area (Å²) in [4.78, 5) is 11.3. The fourth-order valence-corrected chi connectivity index (χ4v) is 1.86. The summed E-state index contributed by atoms with van der Waals surface area (Å²) in [6.45, 7) is 4.38. The minimum atomic E-state index is -0.568. The van der Waals surface area contributed by atoms with Crippen molar-refractivity contribution in [2.24, 2.45) is 5.92 Å². The summed E-state index contributed by atoms with van der Waals surface area (Å²) in [5.41, 5.74) is 0. The van der Waals surface area contributed by atoms with Crippen molar-refractivity contribution in [2.45, 2.75) is 38.6 Å². The number of ether oxygens (including phenoxy) is 2. The van der Waals surface area contributed by atoms with Crippen LogP contribution in [0.3, 0.4) is 0 Å². The molecule has 1 aliphatic heterocycles. The van der Waals surface area contributed by atoms with Crippen molar-refractivity contribution in [3.63, 3.8) is 0 Å². The smallest absolute Gasteiger partial charge is 0.163 e. The van der Waals surface area contributed by atoms with Gasteiger partial charge < -0.3 is 9.47 Å². The number of hydrogen-bond acceptors (Lipinski definition) is 3. The molecule has 0 radical (unpaired) electrons. The van der Waals surface area contributed by atoms with E-state index >= 15 is 0 Å². The van der Waals surface area contributed by atoms with Crippen LogP contribution in [0.2, 0.25) is 0 Å². The van der Waals surface area contributed by atoms with E-state index in [1.165, 1.54) is 0 Å². The van der Waals surface area contributed by atoms with Crippen LogP contribution >= 0.6 is 0 Å². The Hall–Kier alpha value is -0.410. The number of ketones is 1. The molecule has 0 amide bonds. The van der Waals surface area contributed by atoms with Gasteiger partial charge >= 0.3 is 0 Å². The van der Waals surface area contributed by atoms with E-state index in [1.807, 2.05) is 13.8 Å². The zero-order valence-electron chi connectivity index (χ0n) is 7.50. The average Bonchev–Trinajstić information content (AvgIpc) is 2.31. The average molecular weight is 170 g/mol. The molecule has 0 aromatic rings. The van der Waals surface area contributed by atoms with E-state index in [2.05, 4.69) is 0 Å². The van der Waals surface area contributed by atoms with Crippen LogP contribution in [0.15, 0.2) is 0 Å². The lowest BCUT2D eigenvalue weighted by molar-refractivity contribution is -0.280. The van der Waals surface area contributed by atoms with Crippen molar-refractivity contribution >= 4 is 5.78 Å². The summed E-state index contributed by atoms with van der Waals surface area (Å²) < 4.78 is 11.0. The Morgan fingerprint density at radius 2 is 2.25 bits per heavy atom. The molecule has 0 spiro atoms. The molecule has 2 aliphatic rings. The van der Waals surface area contributed by atoms with Crippen LogP contribution < -0.4 is 0 Å². The van der Waals surface area contributed by atoms with E-state index in [0.29, 0.717) is 18.9 Å². The predicted molar refractivity (Wildman–Crippen MR) is 42.6 cm³/mol. The SMILES string of the molecule is CC1(C)OCC2CCC(=O)[C@@H]2O1. The molecule has 3 nitrogen and oxygen atoms in total. The first kappa shape index (κ1) is 8.20. The summed E-state index contributed by atoms with van der Waals surface area (Å²) in [5.74, 6) is -0.0110. The van der Waals surface area contributed by atoms with Crippen LogP contribution in [0.1, 0.15) is 26.7 Å². The molecule has 1 heterocycles. The first-order chi connectivity index (χ1) is 5.58. The molecule has 12 heavy (non-hydrogen) atoms. The molecule has 1 saturated carbocycles. The number of rotatable bonds is 0. The number of hydrogen-bond donors (Lipinski definition) is 0. The van der Waals surface area contributed by atoms with Gasteiger partial charge in [0.15, 0.2) is 11.6 Å². The van der Waals surface area contributed by atoms with Gasteiger partial charge in [0.05, 0.1) is 6.61 Å². The van der Waals surface area contributed by atoms with Gasteiger partial charge in [-0.1, -0.05) is 0 Å². The van der Waals surface area contributed by atoms with Crippen LogP contribution in [-0.4, -0.2) is 24.3 Å². The van der Waals surface area contributed by atoms with E-state index in [4.69, 9.17) is 9.47 Å². The molecular weight excluding hydrogens is 156 g/mol. The van der Waals surface area contributed by atoms with Gasteiger partial charge in [-0.15, -0.1) is 0 Å². The van der Waals surface area contributed by atoms with Crippen molar-refractivity contribution in [2.75, 3.05) is 6.61 Å². The van der Waals surface area contributed by atoms with Gasteiger partial charge in [0, 0.05) is 12.3 Å². The molecule has 1 aliphatic carbocycles. The van der Waals surface area contributed by atoms with Crippen molar-refractivity contribution in [1.29, 1.82) is 0 Å². The summed E-state index contributed by atoms with van der Waals surface area (Å²) in [7, 11) is 0. The lowest BCUT2D eigenvalue weighted by Gasteiger charge is -2.37. The summed E-state index contributed by atoms with van der Waals surface area (Å²) >= 11 is 0. The van der Waals surface area contributed by atoms with Gasteiger partial charge in [-0.25, -0.2) is 0 Å². The molecular formula is C9H14O3. The molecule has 2 fully saturated rings. The maximum atomic E-state index is 11.3. The van der Waals surface area contributed by atoms with Crippen molar-refractivity contribution < 1.29 is 14.3 Å². The second-order valence-electron chi connectivity index (χ2n) is 4.01. The summed E-state index contributed by atoms with van der Waals surface area (Å²) in [5, 5.41) is 0. The van der Waals surface area contributed by atoms with Gasteiger partial charge in [-0.3, -0.25) is 4.79 Å². The second-order valence-corrected chi connectivity index (χ2v) is 4.01. The highest BCUT2D eigenvalue weighted by Crippen LogP contribution is 2.34. The van der Waals surface area contributed by atoms with E-state index in [-0.39, 0.29) is 11.9 Å². The molecule has 2 rings (SSSR count). The highest BCUT2D eigenvalue weighted by molar-refractivity contribution is 5.85. The van der Waals surface area contributed by atoms with E-state index < -0.39 is 5.79 Å². The Morgan fingerprint density at radius 1 is 1.50 bits per heavy atom. The molecule has 1 saturated heterocycles. The van der Waals surface area contributed by atoms with E-state index in [9.17, 15) is 4.79 Å². The van der Waals surface area contributed by atoms with Crippen molar-refractivity contribution in [3.8, 4) is 0 Å². The van der Waals surface area contributed by atoms with Gasteiger partial charge in [-0.05, 0) is 20.3 Å². The highest BCUT2D eigenvalue weighted by atomic mass is 16.7. The molecule has 0 aromatic carbocycles. The third kappa shape index (κ3) is 1.27. The second kappa shape index (κ2) is 2.54. The van der Waals surface area contributed by atoms with Crippen LogP contribution in [-0.2, 0) is 14.3 Å². The van der Waals surface area contributed by atoms with Crippen LogP contribution in [0.4, 0.5) is 0 Å². The normalized spacial score (nSPS) is 39.7. The Labute approximate surface area is 72.0 Å². The van der Waals surface area contributed by atoms with Crippen LogP contribution in [0.25, 0.3) is 0 Å². The van der Waals surface area contributed by atoms with E-state index in [0.717, 1.165) is 6.42 Å². The molecule has 2 atom stereocenters. The van der Waals surface area contributed by atoms with Gasteiger partial charge in [0.2, 0.25) is 0 Å². The number of fused-ring (bicyclic) bond motifs is 1. The fraction of sp³-hybridized carbons (Fsp3) is 0.889. The third-order valence-electron chi connectivity index (χ3n) is 2.56. The lowest BCUT2D eigenvalue weighted by atomic mass is 10.1. The Bertz CT molecular complexity index is 210. The minimum absolute atomic E-state index is 0.186. The number of carbonyl (C=O) groups excluding carboxylic acids is 1. The van der Waals surface area contributed by atoms with Gasteiger partial charge in [0.25, 0.3) is 0 Å². The van der Waals surface area contributed by atoms with Crippen molar-refractivity contribution in [3.05, 3.63) is 0 Å². The molecule has 68 valence electrons.